The topological polar surface area (TPSA) is 113 Å². The standard InChI is InChI=1S/C16H16N2O5S/c1-16(2,3)13(20)8-14-17-15(21)12(24-14)7-9-4-5-11(19)10(6-9)18(22)23/h4-8,19H,1-3H3,(H,17,21)/b12-7+,14-8+. The predicted octanol–water partition coefficient (Wildman–Crippen LogP) is 1.27. The highest BCUT2D eigenvalue weighted by molar-refractivity contribution is 7.07. The van der Waals surface area contributed by atoms with Crippen molar-refractivity contribution < 1.29 is 14.8 Å². The van der Waals surface area contributed by atoms with E-state index in [0.717, 1.165) is 11.3 Å². The van der Waals surface area contributed by atoms with Gasteiger partial charge >= 0.3 is 5.69 Å². The molecule has 0 radical (unpaired) electrons. The summed E-state index contributed by atoms with van der Waals surface area (Å²) in [5.41, 5.74) is -0.974. The molecule has 0 aliphatic rings. The van der Waals surface area contributed by atoms with Gasteiger partial charge < -0.3 is 10.1 Å². The molecular weight excluding hydrogens is 332 g/mol. The molecule has 0 aliphatic carbocycles. The third kappa shape index (κ3) is 3.96. The number of H-pyrrole nitrogens is 1. The number of benzene rings is 1. The van der Waals surface area contributed by atoms with E-state index in [1.807, 2.05) is 0 Å². The van der Waals surface area contributed by atoms with E-state index in [2.05, 4.69) is 4.98 Å². The smallest absolute Gasteiger partial charge is 0.311 e. The Kier molecular flexibility index (Phi) is 4.70. The van der Waals surface area contributed by atoms with E-state index in [4.69, 9.17) is 0 Å². The van der Waals surface area contributed by atoms with Crippen molar-refractivity contribution in [3.63, 3.8) is 0 Å². The Morgan fingerprint density at radius 1 is 1.38 bits per heavy atom. The number of hydrogen-bond acceptors (Lipinski definition) is 6. The van der Waals surface area contributed by atoms with Crippen LogP contribution in [0.4, 0.5) is 5.69 Å². The summed E-state index contributed by atoms with van der Waals surface area (Å²) >= 11 is 1.08. The van der Waals surface area contributed by atoms with Gasteiger partial charge in [0, 0.05) is 17.6 Å². The van der Waals surface area contributed by atoms with E-state index in [1.165, 1.54) is 30.4 Å². The molecule has 1 aromatic carbocycles. The number of thiazole rings is 1. The number of phenolic OH excluding ortho intramolecular Hbond substituents is 1. The third-order valence-corrected chi connectivity index (χ3v) is 4.14. The first-order chi connectivity index (χ1) is 11.1. The van der Waals surface area contributed by atoms with Crippen molar-refractivity contribution in [3.8, 4) is 5.75 Å². The number of Topliss-reactive ketones (excluding diaryl/α,β-unsaturated/α-hetero) is 1. The molecule has 0 unspecified atom stereocenters. The van der Waals surface area contributed by atoms with Crippen LogP contribution in [0.15, 0.2) is 23.0 Å². The second-order valence-corrected chi connectivity index (χ2v) is 7.28. The minimum atomic E-state index is -0.702. The fourth-order valence-corrected chi connectivity index (χ4v) is 2.67. The lowest BCUT2D eigenvalue weighted by Gasteiger charge is -2.12. The van der Waals surface area contributed by atoms with Crippen molar-refractivity contribution in [3.05, 3.63) is 53.4 Å². The Bertz CT molecular complexity index is 979. The molecule has 1 heterocycles. The zero-order valence-electron chi connectivity index (χ0n) is 13.3. The van der Waals surface area contributed by atoms with Gasteiger partial charge in [-0.2, -0.15) is 0 Å². The van der Waals surface area contributed by atoms with Crippen molar-refractivity contribution in [2.75, 3.05) is 0 Å². The van der Waals surface area contributed by atoms with Crippen LogP contribution >= 0.6 is 11.3 Å². The molecule has 0 amide bonds. The van der Waals surface area contributed by atoms with Crippen LogP contribution in [0.1, 0.15) is 26.3 Å². The molecule has 126 valence electrons. The first-order valence-corrected chi connectivity index (χ1v) is 7.84. The van der Waals surface area contributed by atoms with Crippen molar-refractivity contribution in [1.29, 1.82) is 0 Å². The second-order valence-electron chi connectivity index (χ2n) is 6.19. The van der Waals surface area contributed by atoms with Crippen LogP contribution in [0.5, 0.6) is 5.75 Å². The number of aromatic nitrogens is 1. The zero-order chi connectivity index (χ0) is 18.1. The molecule has 0 saturated carbocycles. The monoisotopic (exact) mass is 348 g/mol. The van der Waals surface area contributed by atoms with Crippen LogP contribution in [0, 0.1) is 15.5 Å². The zero-order valence-corrected chi connectivity index (χ0v) is 14.1. The molecule has 0 atom stereocenters. The molecule has 8 heteroatoms. The molecule has 0 saturated heterocycles. The molecule has 0 aliphatic heterocycles. The van der Waals surface area contributed by atoms with Crippen LogP contribution in [0.3, 0.4) is 0 Å². The van der Waals surface area contributed by atoms with E-state index in [-0.39, 0.29) is 11.3 Å². The van der Waals surface area contributed by atoms with Crippen LogP contribution in [-0.2, 0) is 4.79 Å². The minimum absolute atomic E-state index is 0.119. The summed E-state index contributed by atoms with van der Waals surface area (Å²) in [6.45, 7) is 5.33. The number of carbonyl (C=O) groups is 1. The van der Waals surface area contributed by atoms with E-state index < -0.39 is 21.8 Å². The lowest BCUT2D eigenvalue weighted by Crippen LogP contribution is -2.22. The number of carbonyl (C=O) groups excluding carboxylic acids is 1. The Hall–Kier alpha value is -2.74. The number of nitro groups is 1. The second kappa shape index (κ2) is 6.40. The Labute approximate surface area is 140 Å². The van der Waals surface area contributed by atoms with Gasteiger partial charge in [0.05, 0.1) is 14.1 Å². The van der Waals surface area contributed by atoms with Crippen LogP contribution < -0.4 is 14.8 Å². The van der Waals surface area contributed by atoms with Gasteiger partial charge in [-0.05, 0) is 17.7 Å². The largest absolute Gasteiger partial charge is 0.502 e. The van der Waals surface area contributed by atoms with Gasteiger partial charge in [-0.25, -0.2) is 0 Å². The number of hydrogen-bond donors (Lipinski definition) is 2. The maximum atomic E-state index is 12.0. The minimum Gasteiger partial charge on any atom is -0.502 e. The van der Waals surface area contributed by atoms with Crippen LogP contribution in [0.2, 0.25) is 0 Å². The number of phenols is 1. The predicted molar refractivity (Wildman–Crippen MR) is 91.4 cm³/mol. The summed E-state index contributed by atoms with van der Waals surface area (Å²) in [4.78, 5) is 36.7. The molecule has 7 nitrogen and oxygen atoms in total. The van der Waals surface area contributed by atoms with E-state index in [1.54, 1.807) is 20.8 Å². The van der Waals surface area contributed by atoms with Gasteiger partial charge in [0.25, 0.3) is 5.56 Å². The Morgan fingerprint density at radius 3 is 2.62 bits per heavy atom. The highest BCUT2D eigenvalue weighted by Crippen LogP contribution is 2.26. The van der Waals surface area contributed by atoms with Crippen LogP contribution in [-0.4, -0.2) is 20.8 Å². The SMILES string of the molecule is CC(C)(C)C(=O)/C=c1\[nH]c(=O)/c(=C\c2ccc(O)c([N+](=O)[O-])c2)s1. The molecule has 0 spiro atoms. The Morgan fingerprint density at radius 2 is 2.04 bits per heavy atom. The summed E-state index contributed by atoms with van der Waals surface area (Å²) < 4.78 is 0.724. The summed E-state index contributed by atoms with van der Waals surface area (Å²) in [5.74, 6) is -0.561. The number of nitrogens with one attached hydrogen (secondary N) is 1. The molecule has 1 aromatic heterocycles. The van der Waals surface area contributed by atoms with E-state index >= 15 is 0 Å². The number of aromatic hydroxyl groups is 1. The number of rotatable bonds is 3. The average molecular weight is 348 g/mol. The number of aromatic amines is 1. The quantitative estimate of drug-likeness (QED) is 0.641. The van der Waals surface area contributed by atoms with Gasteiger partial charge in [-0.15, -0.1) is 11.3 Å². The summed E-state index contributed by atoms with van der Waals surface area (Å²) in [6.07, 6.45) is 2.84. The van der Waals surface area contributed by atoms with Crippen molar-refractivity contribution in [1.82, 2.24) is 4.98 Å². The lowest BCUT2D eigenvalue weighted by atomic mass is 9.91. The van der Waals surface area contributed by atoms with Crippen molar-refractivity contribution in [2.45, 2.75) is 20.8 Å². The molecule has 24 heavy (non-hydrogen) atoms. The molecular formula is C16H16N2O5S. The summed E-state index contributed by atoms with van der Waals surface area (Å²) in [7, 11) is 0. The van der Waals surface area contributed by atoms with E-state index in [0.29, 0.717) is 14.8 Å². The highest BCUT2D eigenvalue weighted by atomic mass is 32.1. The van der Waals surface area contributed by atoms with Crippen molar-refractivity contribution in [2.24, 2.45) is 5.41 Å². The Balaban J connectivity index is 2.52. The van der Waals surface area contributed by atoms with Crippen molar-refractivity contribution >= 4 is 35.0 Å². The highest BCUT2D eigenvalue weighted by Gasteiger charge is 2.18. The summed E-state index contributed by atoms with van der Waals surface area (Å²) in [5, 5.41) is 20.3. The third-order valence-electron chi connectivity index (χ3n) is 3.18. The fourth-order valence-electron chi connectivity index (χ4n) is 1.79. The number of nitro benzene ring substituents is 1. The first kappa shape index (κ1) is 17.6. The van der Waals surface area contributed by atoms with Gasteiger partial charge in [-0.1, -0.05) is 26.8 Å². The average Bonchev–Trinajstić information content (AvgIpc) is 2.79. The van der Waals surface area contributed by atoms with Gasteiger partial charge in [0.1, 0.15) is 0 Å². The van der Waals surface area contributed by atoms with Gasteiger partial charge in [0.15, 0.2) is 11.5 Å². The molecule has 0 bridgehead atoms. The number of ketones is 1. The van der Waals surface area contributed by atoms with Gasteiger partial charge in [0.2, 0.25) is 0 Å². The van der Waals surface area contributed by atoms with E-state index in [9.17, 15) is 24.8 Å². The molecule has 2 rings (SSSR count). The fraction of sp³-hybridized carbons (Fsp3) is 0.250. The number of nitrogens with zero attached hydrogens (tertiary/aromatic N) is 1. The maximum Gasteiger partial charge on any atom is 0.311 e. The van der Waals surface area contributed by atoms with Crippen LogP contribution in [0.25, 0.3) is 12.2 Å². The molecule has 2 aromatic rings. The molecule has 2 N–H and O–H groups in total. The van der Waals surface area contributed by atoms with Gasteiger partial charge in [-0.3, -0.25) is 19.7 Å². The first-order valence-electron chi connectivity index (χ1n) is 7.02. The lowest BCUT2D eigenvalue weighted by molar-refractivity contribution is -0.385. The normalized spacial score (nSPS) is 13.3. The maximum absolute atomic E-state index is 12.0. The molecule has 0 fully saturated rings. The summed E-state index contributed by atoms with van der Waals surface area (Å²) in [6, 6.07) is 3.84.